The Labute approximate surface area is 109 Å². The molecule has 1 aromatic heterocycles. The second-order valence-electron chi connectivity index (χ2n) is 3.75. The van der Waals surface area contributed by atoms with Crippen LogP contribution in [0, 0.1) is 0 Å². The van der Waals surface area contributed by atoms with E-state index >= 15 is 0 Å². The van der Waals surface area contributed by atoms with E-state index in [0.717, 1.165) is 11.3 Å². The molecule has 4 N–H and O–H groups in total. The van der Waals surface area contributed by atoms with Crippen molar-refractivity contribution in [2.45, 2.75) is 12.5 Å². The van der Waals surface area contributed by atoms with Crippen molar-refractivity contribution in [2.75, 3.05) is 7.11 Å². The second-order valence-corrected chi connectivity index (χ2v) is 4.19. The van der Waals surface area contributed by atoms with Gasteiger partial charge in [0.05, 0.1) is 13.2 Å². The Kier molecular flexibility index (Phi) is 4.14. The molecule has 0 radical (unpaired) electrons. The van der Waals surface area contributed by atoms with E-state index in [2.05, 4.69) is 20.6 Å². The summed E-state index contributed by atoms with van der Waals surface area (Å²) < 4.78 is 5.29. The molecular formula is C11H14ClN5O. The summed E-state index contributed by atoms with van der Waals surface area (Å²) in [6, 6.07) is 5.27. The van der Waals surface area contributed by atoms with Crippen molar-refractivity contribution in [3.05, 3.63) is 40.9 Å². The smallest absolute Gasteiger partial charge is 0.143 e. The lowest BCUT2D eigenvalue weighted by atomic mass is 10.0. The number of benzene rings is 1. The van der Waals surface area contributed by atoms with Crippen molar-refractivity contribution in [3.8, 4) is 5.75 Å². The third-order valence-electron chi connectivity index (χ3n) is 2.63. The summed E-state index contributed by atoms with van der Waals surface area (Å²) in [5.41, 5.74) is 3.64. The van der Waals surface area contributed by atoms with Gasteiger partial charge in [0.1, 0.15) is 17.9 Å². The summed E-state index contributed by atoms with van der Waals surface area (Å²) in [5, 5.41) is 7.24. The van der Waals surface area contributed by atoms with Crippen molar-refractivity contribution in [1.82, 2.24) is 20.6 Å². The number of rotatable bonds is 5. The maximum Gasteiger partial charge on any atom is 0.143 e. The van der Waals surface area contributed by atoms with Crippen LogP contribution in [0.15, 0.2) is 24.5 Å². The molecule has 2 aromatic rings. The van der Waals surface area contributed by atoms with Gasteiger partial charge in [0, 0.05) is 5.02 Å². The van der Waals surface area contributed by atoms with Gasteiger partial charge in [-0.15, -0.1) is 0 Å². The zero-order valence-corrected chi connectivity index (χ0v) is 10.6. The van der Waals surface area contributed by atoms with Crippen molar-refractivity contribution >= 4 is 11.6 Å². The molecule has 1 aromatic carbocycles. The first kappa shape index (κ1) is 12.8. The largest absolute Gasteiger partial charge is 0.496 e. The number of H-pyrrole nitrogens is 1. The topological polar surface area (TPSA) is 88.8 Å². The summed E-state index contributed by atoms with van der Waals surface area (Å²) in [6.45, 7) is 0. The summed E-state index contributed by atoms with van der Waals surface area (Å²) in [4.78, 5) is 4.08. The van der Waals surface area contributed by atoms with Crippen LogP contribution >= 0.6 is 11.6 Å². The van der Waals surface area contributed by atoms with Gasteiger partial charge in [0.15, 0.2) is 0 Å². The van der Waals surface area contributed by atoms with E-state index in [9.17, 15) is 0 Å². The van der Waals surface area contributed by atoms with Gasteiger partial charge in [0.25, 0.3) is 0 Å². The first-order valence-corrected chi connectivity index (χ1v) is 5.76. The van der Waals surface area contributed by atoms with E-state index in [1.165, 1.54) is 6.33 Å². The average Bonchev–Trinajstić information content (AvgIpc) is 2.90. The molecule has 1 unspecified atom stereocenters. The van der Waals surface area contributed by atoms with Gasteiger partial charge in [-0.1, -0.05) is 11.6 Å². The van der Waals surface area contributed by atoms with Crippen LogP contribution in [0.3, 0.4) is 0 Å². The molecule has 0 saturated carbocycles. The van der Waals surface area contributed by atoms with E-state index in [-0.39, 0.29) is 6.04 Å². The highest BCUT2D eigenvalue weighted by Gasteiger charge is 2.16. The first-order valence-electron chi connectivity index (χ1n) is 5.38. The number of nitrogens with two attached hydrogens (primary N) is 1. The molecule has 7 heteroatoms. The minimum absolute atomic E-state index is 0.181. The van der Waals surface area contributed by atoms with Crippen LogP contribution < -0.4 is 16.0 Å². The molecule has 0 aliphatic carbocycles. The number of hydrogen-bond donors (Lipinski definition) is 3. The van der Waals surface area contributed by atoms with Crippen LogP contribution in [0.4, 0.5) is 0 Å². The van der Waals surface area contributed by atoms with E-state index in [4.69, 9.17) is 22.2 Å². The van der Waals surface area contributed by atoms with Gasteiger partial charge in [-0.2, -0.15) is 5.10 Å². The highest BCUT2D eigenvalue weighted by molar-refractivity contribution is 6.30. The van der Waals surface area contributed by atoms with Crippen LogP contribution in [0.5, 0.6) is 5.75 Å². The predicted molar refractivity (Wildman–Crippen MR) is 68.2 cm³/mol. The van der Waals surface area contributed by atoms with Crippen LogP contribution in [0.1, 0.15) is 17.4 Å². The Morgan fingerprint density at radius 3 is 3.00 bits per heavy atom. The Hall–Kier alpha value is -1.63. The molecule has 0 aliphatic heterocycles. The average molecular weight is 268 g/mol. The highest BCUT2D eigenvalue weighted by atomic mass is 35.5. The van der Waals surface area contributed by atoms with E-state index in [1.54, 1.807) is 13.2 Å². The van der Waals surface area contributed by atoms with Gasteiger partial charge >= 0.3 is 0 Å². The zero-order chi connectivity index (χ0) is 13.0. The molecule has 2 rings (SSSR count). The lowest BCUT2D eigenvalue weighted by Gasteiger charge is -2.15. The van der Waals surface area contributed by atoms with Crippen LogP contribution in [0.25, 0.3) is 0 Å². The fourth-order valence-electron chi connectivity index (χ4n) is 1.74. The van der Waals surface area contributed by atoms with Gasteiger partial charge < -0.3 is 4.74 Å². The van der Waals surface area contributed by atoms with E-state index in [1.807, 2.05) is 12.1 Å². The Balaban J connectivity index is 2.24. The molecule has 0 aliphatic rings. The Bertz CT molecular complexity index is 502. The lowest BCUT2D eigenvalue weighted by molar-refractivity contribution is 0.404. The van der Waals surface area contributed by atoms with Crippen molar-refractivity contribution in [1.29, 1.82) is 0 Å². The summed E-state index contributed by atoms with van der Waals surface area (Å²) in [5.74, 6) is 6.96. The van der Waals surface area contributed by atoms with Crippen molar-refractivity contribution < 1.29 is 4.74 Å². The fraction of sp³-hybridized carbons (Fsp3) is 0.273. The van der Waals surface area contributed by atoms with Gasteiger partial charge in [0.2, 0.25) is 0 Å². The predicted octanol–water partition coefficient (Wildman–Crippen LogP) is 1.21. The maximum absolute atomic E-state index is 5.98. The molecule has 0 spiro atoms. The quantitative estimate of drug-likeness (QED) is 0.560. The van der Waals surface area contributed by atoms with Gasteiger partial charge in [-0.3, -0.25) is 10.9 Å². The Morgan fingerprint density at radius 2 is 2.39 bits per heavy atom. The molecule has 0 fully saturated rings. The minimum atomic E-state index is -0.181. The minimum Gasteiger partial charge on any atom is -0.496 e. The van der Waals surface area contributed by atoms with Crippen LogP contribution in [-0.2, 0) is 6.42 Å². The van der Waals surface area contributed by atoms with E-state index in [0.29, 0.717) is 17.3 Å². The van der Waals surface area contributed by atoms with Crippen molar-refractivity contribution in [3.63, 3.8) is 0 Å². The normalized spacial score (nSPS) is 12.4. The molecule has 0 saturated heterocycles. The van der Waals surface area contributed by atoms with Crippen LogP contribution in [-0.4, -0.2) is 22.3 Å². The van der Waals surface area contributed by atoms with Crippen LogP contribution in [0.2, 0.25) is 5.02 Å². The molecule has 96 valence electrons. The highest BCUT2D eigenvalue weighted by Crippen LogP contribution is 2.26. The maximum atomic E-state index is 5.98. The number of methoxy groups -OCH3 is 1. The molecule has 1 heterocycles. The first-order chi connectivity index (χ1) is 8.74. The number of halogens is 1. The monoisotopic (exact) mass is 267 g/mol. The molecule has 6 nitrogen and oxygen atoms in total. The number of hydrogen-bond acceptors (Lipinski definition) is 5. The number of hydrazine groups is 1. The number of aromatic amines is 1. The molecular weight excluding hydrogens is 254 g/mol. The molecule has 1 atom stereocenters. The number of nitrogens with one attached hydrogen (secondary N) is 2. The SMILES string of the molecule is COc1ccc(Cl)cc1CC(NN)c1ncn[nH]1. The third-order valence-corrected chi connectivity index (χ3v) is 2.87. The standard InChI is InChI=1S/C11H14ClN5O/c1-18-10-3-2-8(12)4-7(10)5-9(16-13)11-14-6-15-17-11/h2-4,6,9,16H,5,13H2,1H3,(H,14,15,17). The molecule has 0 amide bonds. The summed E-state index contributed by atoms with van der Waals surface area (Å²) in [7, 11) is 1.62. The zero-order valence-electron chi connectivity index (χ0n) is 9.85. The lowest BCUT2D eigenvalue weighted by Crippen LogP contribution is -2.30. The second kappa shape index (κ2) is 5.81. The Morgan fingerprint density at radius 1 is 1.56 bits per heavy atom. The van der Waals surface area contributed by atoms with Crippen molar-refractivity contribution in [2.24, 2.45) is 5.84 Å². The van der Waals surface area contributed by atoms with E-state index < -0.39 is 0 Å². The van der Waals surface area contributed by atoms with Gasteiger partial charge in [-0.25, -0.2) is 10.4 Å². The third kappa shape index (κ3) is 2.79. The fourth-order valence-corrected chi connectivity index (χ4v) is 1.94. The number of aromatic nitrogens is 3. The number of ether oxygens (including phenoxy) is 1. The molecule has 0 bridgehead atoms. The summed E-state index contributed by atoms with van der Waals surface area (Å²) in [6.07, 6.45) is 2.03. The molecule has 18 heavy (non-hydrogen) atoms. The van der Waals surface area contributed by atoms with Gasteiger partial charge in [-0.05, 0) is 30.2 Å². The summed E-state index contributed by atoms with van der Waals surface area (Å²) >= 11 is 5.98. The number of nitrogens with zero attached hydrogens (tertiary/aromatic N) is 2.